The lowest BCUT2D eigenvalue weighted by molar-refractivity contribution is -0.137. The van der Waals surface area contributed by atoms with Gasteiger partial charge >= 0.3 is 5.97 Å². The molecule has 21 heavy (non-hydrogen) atoms. The Morgan fingerprint density at radius 1 is 1.19 bits per heavy atom. The average Bonchev–Trinajstić information content (AvgIpc) is 2.48. The highest BCUT2D eigenvalue weighted by molar-refractivity contribution is 5.94. The number of amides is 2. The molecule has 6 heteroatoms. The minimum absolute atomic E-state index is 0.0501. The number of rotatable bonds is 8. The Morgan fingerprint density at radius 2 is 1.95 bits per heavy atom. The molecule has 1 aromatic rings. The monoisotopic (exact) mass is 292 g/mol. The first kappa shape index (κ1) is 16.7. The van der Waals surface area contributed by atoms with Crippen LogP contribution in [-0.2, 0) is 16.0 Å². The number of benzene rings is 1. The molecule has 0 fully saturated rings. The van der Waals surface area contributed by atoms with Crippen LogP contribution in [0.3, 0.4) is 0 Å². The molecule has 0 aromatic heterocycles. The molecule has 114 valence electrons. The highest BCUT2D eigenvalue weighted by Gasteiger charge is 2.06. The van der Waals surface area contributed by atoms with Gasteiger partial charge in [0.2, 0.25) is 5.91 Å². The Kier molecular flexibility index (Phi) is 6.94. The maximum absolute atomic E-state index is 11.6. The molecule has 0 saturated heterocycles. The quantitative estimate of drug-likeness (QED) is 0.622. The summed E-state index contributed by atoms with van der Waals surface area (Å²) in [6, 6.07) is 7.12. The summed E-state index contributed by atoms with van der Waals surface area (Å²) in [7, 11) is 1.57. The van der Waals surface area contributed by atoms with E-state index in [0.29, 0.717) is 31.4 Å². The van der Waals surface area contributed by atoms with Crippen molar-refractivity contribution in [2.75, 3.05) is 13.6 Å². The number of carboxylic acid groups (broad SMARTS) is 1. The van der Waals surface area contributed by atoms with Gasteiger partial charge in [0.1, 0.15) is 0 Å². The maximum Gasteiger partial charge on any atom is 0.303 e. The number of aliphatic carboxylic acids is 1. The van der Waals surface area contributed by atoms with Crippen molar-refractivity contribution in [3.05, 3.63) is 35.4 Å². The first-order valence-electron chi connectivity index (χ1n) is 6.82. The highest BCUT2D eigenvalue weighted by Crippen LogP contribution is 2.07. The predicted octanol–water partition coefficient (Wildman–Crippen LogP) is 0.960. The van der Waals surface area contributed by atoms with Crippen LogP contribution < -0.4 is 10.6 Å². The van der Waals surface area contributed by atoms with Gasteiger partial charge in [-0.05, 0) is 30.5 Å². The Bertz CT molecular complexity index is 514. The minimum atomic E-state index is -0.865. The molecule has 0 spiro atoms. The van der Waals surface area contributed by atoms with Crippen molar-refractivity contribution >= 4 is 17.8 Å². The normalized spacial score (nSPS) is 9.95. The molecule has 0 bridgehead atoms. The van der Waals surface area contributed by atoms with Crippen molar-refractivity contribution in [3.8, 4) is 0 Å². The van der Waals surface area contributed by atoms with E-state index < -0.39 is 5.97 Å². The molecule has 0 aliphatic carbocycles. The molecule has 6 nitrogen and oxygen atoms in total. The number of hydrogen-bond donors (Lipinski definition) is 3. The van der Waals surface area contributed by atoms with E-state index in [1.165, 1.54) is 0 Å². The van der Waals surface area contributed by atoms with E-state index >= 15 is 0 Å². The van der Waals surface area contributed by atoms with E-state index in [2.05, 4.69) is 10.6 Å². The third-order valence-corrected chi connectivity index (χ3v) is 2.95. The van der Waals surface area contributed by atoms with Crippen molar-refractivity contribution in [1.82, 2.24) is 10.6 Å². The largest absolute Gasteiger partial charge is 0.481 e. The fourth-order valence-corrected chi connectivity index (χ4v) is 1.83. The fraction of sp³-hybridized carbons (Fsp3) is 0.400. The van der Waals surface area contributed by atoms with Crippen LogP contribution in [-0.4, -0.2) is 36.5 Å². The molecule has 0 heterocycles. The van der Waals surface area contributed by atoms with E-state index in [0.717, 1.165) is 5.56 Å². The van der Waals surface area contributed by atoms with Crippen LogP contribution >= 0.6 is 0 Å². The Labute approximate surface area is 123 Å². The summed E-state index contributed by atoms with van der Waals surface area (Å²) in [6.07, 6.45) is 1.32. The lowest BCUT2D eigenvalue weighted by atomic mass is 10.1. The number of carbonyl (C=O) groups is 3. The molecule has 0 saturated carbocycles. The molecular weight excluding hydrogens is 272 g/mol. The minimum Gasteiger partial charge on any atom is -0.481 e. The third kappa shape index (κ3) is 6.56. The summed E-state index contributed by atoms with van der Waals surface area (Å²) in [5.41, 5.74) is 1.48. The summed E-state index contributed by atoms with van der Waals surface area (Å²) in [5, 5.41) is 13.7. The number of nitrogens with one attached hydrogen (secondary N) is 2. The topological polar surface area (TPSA) is 95.5 Å². The first-order chi connectivity index (χ1) is 10.0. The summed E-state index contributed by atoms with van der Waals surface area (Å²) in [4.78, 5) is 33.4. The van der Waals surface area contributed by atoms with Gasteiger partial charge < -0.3 is 15.7 Å². The van der Waals surface area contributed by atoms with E-state index in [9.17, 15) is 14.4 Å². The summed E-state index contributed by atoms with van der Waals surface area (Å²) in [5.74, 6) is -1.14. The van der Waals surface area contributed by atoms with E-state index in [4.69, 9.17) is 5.11 Å². The zero-order valence-electron chi connectivity index (χ0n) is 12.0. The van der Waals surface area contributed by atoms with Crippen LogP contribution in [0.25, 0.3) is 0 Å². The first-order valence-corrected chi connectivity index (χ1v) is 6.82. The SMILES string of the molecule is CNC(=O)c1cccc(CCC(=O)NCCCC(=O)O)c1. The van der Waals surface area contributed by atoms with Crippen LogP contribution in [0.1, 0.15) is 35.2 Å². The Hall–Kier alpha value is -2.37. The molecular formula is C15H20N2O4. The van der Waals surface area contributed by atoms with Gasteiger partial charge in [-0.1, -0.05) is 12.1 Å². The van der Waals surface area contributed by atoms with E-state index in [1.54, 1.807) is 25.2 Å². The summed E-state index contributed by atoms with van der Waals surface area (Å²) >= 11 is 0. The second-order valence-electron chi connectivity index (χ2n) is 4.63. The average molecular weight is 292 g/mol. The molecule has 0 unspecified atom stereocenters. The van der Waals surface area contributed by atoms with Crippen molar-refractivity contribution < 1.29 is 19.5 Å². The second kappa shape index (κ2) is 8.73. The summed E-state index contributed by atoms with van der Waals surface area (Å²) in [6.45, 7) is 0.364. The number of carboxylic acids is 1. The van der Waals surface area contributed by atoms with Gasteiger partial charge in [0, 0.05) is 32.0 Å². The molecule has 2 amide bonds. The number of hydrogen-bond acceptors (Lipinski definition) is 3. The molecule has 3 N–H and O–H groups in total. The standard InChI is InChI=1S/C15H20N2O4/c1-16-15(21)12-5-2-4-11(10-12)7-8-13(18)17-9-3-6-14(19)20/h2,4-5,10H,3,6-9H2,1H3,(H,16,21)(H,17,18)(H,19,20). The zero-order chi connectivity index (χ0) is 15.7. The van der Waals surface area contributed by atoms with Crippen LogP contribution in [0.2, 0.25) is 0 Å². The van der Waals surface area contributed by atoms with Gasteiger partial charge in [-0.15, -0.1) is 0 Å². The molecule has 1 aromatic carbocycles. The number of carbonyl (C=O) groups excluding carboxylic acids is 2. The molecule has 1 rings (SSSR count). The van der Waals surface area contributed by atoms with Gasteiger partial charge in [-0.25, -0.2) is 0 Å². The fourth-order valence-electron chi connectivity index (χ4n) is 1.83. The molecule has 0 aliphatic heterocycles. The van der Waals surface area contributed by atoms with Crippen LogP contribution in [0, 0.1) is 0 Å². The van der Waals surface area contributed by atoms with Crippen molar-refractivity contribution in [3.63, 3.8) is 0 Å². The van der Waals surface area contributed by atoms with Gasteiger partial charge in [-0.3, -0.25) is 14.4 Å². The highest BCUT2D eigenvalue weighted by atomic mass is 16.4. The Morgan fingerprint density at radius 3 is 2.62 bits per heavy atom. The van der Waals surface area contributed by atoms with Gasteiger partial charge in [0.05, 0.1) is 0 Å². The molecule has 0 atom stereocenters. The molecule has 0 radical (unpaired) electrons. The Balaban J connectivity index is 2.36. The van der Waals surface area contributed by atoms with Crippen molar-refractivity contribution in [2.45, 2.75) is 25.7 Å². The van der Waals surface area contributed by atoms with Crippen LogP contribution in [0.5, 0.6) is 0 Å². The maximum atomic E-state index is 11.6. The lowest BCUT2D eigenvalue weighted by Gasteiger charge is -2.06. The predicted molar refractivity (Wildman–Crippen MR) is 78.0 cm³/mol. The smallest absolute Gasteiger partial charge is 0.303 e. The van der Waals surface area contributed by atoms with Gasteiger partial charge in [0.25, 0.3) is 5.91 Å². The van der Waals surface area contributed by atoms with Gasteiger partial charge in [-0.2, -0.15) is 0 Å². The summed E-state index contributed by atoms with van der Waals surface area (Å²) < 4.78 is 0. The van der Waals surface area contributed by atoms with E-state index in [-0.39, 0.29) is 18.2 Å². The van der Waals surface area contributed by atoms with Crippen LogP contribution in [0.4, 0.5) is 0 Å². The zero-order valence-corrected chi connectivity index (χ0v) is 12.0. The third-order valence-electron chi connectivity index (χ3n) is 2.95. The van der Waals surface area contributed by atoms with Crippen molar-refractivity contribution in [2.24, 2.45) is 0 Å². The van der Waals surface area contributed by atoms with Crippen LogP contribution in [0.15, 0.2) is 24.3 Å². The lowest BCUT2D eigenvalue weighted by Crippen LogP contribution is -2.25. The van der Waals surface area contributed by atoms with E-state index in [1.807, 2.05) is 6.07 Å². The van der Waals surface area contributed by atoms with Crippen molar-refractivity contribution in [1.29, 1.82) is 0 Å². The van der Waals surface area contributed by atoms with Gasteiger partial charge in [0.15, 0.2) is 0 Å². The number of aryl methyl sites for hydroxylation is 1. The molecule has 0 aliphatic rings. The second-order valence-corrected chi connectivity index (χ2v) is 4.63.